The van der Waals surface area contributed by atoms with Crippen LogP contribution in [0.3, 0.4) is 0 Å². The molecule has 0 aromatic heterocycles. The molecule has 0 saturated heterocycles. The van der Waals surface area contributed by atoms with Gasteiger partial charge in [0.25, 0.3) is 5.91 Å². The Morgan fingerprint density at radius 2 is 1.67 bits per heavy atom. The lowest BCUT2D eigenvalue weighted by Crippen LogP contribution is -2.32. The fourth-order valence-corrected chi connectivity index (χ4v) is 2.43. The molecule has 0 bridgehead atoms. The van der Waals surface area contributed by atoms with Crippen molar-refractivity contribution in [1.29, 1.82) is 0 Å². The largest absolute Gasteiger partial charge is 0.497 e. The van der Waals surface area contributed by atoms with Crippen LogP contribution in [0.5, 0.6) is 5.75 Å². The van der Waals surface area contributed by atoms with Gasteiger partial charge in [0.15, 0.2) is 6.61 Å². The van der Waals surface area contributed by atoms with Crippen LogP contribution in [0, 0.1) is 0 Å². The predicted octanol–water partition coefficient (Wildman–Crippen LogP) is 3.58. The van der Waals surface area contributed by atoms with E-state index in [0.717, 1.165) is 16.9 Å². The quantitative estimate of drug-likeness (QED) is 0.441. The van der Waals surface area contributed by atoms with Crippen LogP contribution in [0.1, 0.15) is 24.1 Å². The van der Waals surface area contributed by atoms with Crippen molar-refractivity contribution in [2.75, 3.05) is 13.7 Å². The zero-order chi connectivity index (χ0) is 19.5. The number of allylic oxidation sites excluding steroid dienone is 3. The summed E-state index contributed by atoms with van der Waals surface area (Å²) in [6.45, 7) is 1.49. The van der Waals surface area contributed by atoms with Crippen LogP contribution in [-0.2, 0) is 14.3 Å². The minimum Gasteiger partial charge on any atom is -0.497 e. The molecule has 1 amide bonds. The molecule has 27 heavy (non-hydrogen) atoms. The molecule has 0 fully saturated rings. The van der Waals surface area contributed by atoms with Crippen LogP contribution in [0.15, 0.2) is 78.9 Å². The van der Waals surface area contributed by atoms with Gasteiger partial charge in [0.2, 0.25) is 0 Å². The Bertz CT molecular complexity index is 795. The molecule has 0 saturated carbocycles. The molecule has 2 aromatic rings. The van der Waals surface area contributed by atoms with Crippen molar-refractivity contribution in [2.24, 2.45) is 0 Å². The second-order valence-electron chi connectivity index (χ2n) is 5.68. The summed E-state index contributed by atoms with van der Waals surface area (Å²) in [5.74, 6) is -0.213. The Kier molecular flexibility index (Phi) is 7.85. The predicted molar refractivity (Wildman–Crippen MR) is 104 cm³/mol. The summed E-state index contributed by atoms with van der Waals surface area (Å²) < 4.78 is 10.2. The zero-order valence-electron chi connectivity index (χ0n) is 15.4. The van der Waals surface area contributed by atoms with Gasteiger partial charge in [0.05, 0.1) is 13.2 Å². The lowest BCUT2D eigenvalue weighted by atomic mass is 9.98. The molecule has 0 aliphatic carbocycles. The molecule has 140 valence electrons. The fraction of sp³-hybridized carbons (Fsp3) is 0.182. The van der Waals surface area contributed by atoms with Crippen LogP contribution in [0.2, 0.25) is 0 Å². The van der Waals surface area contributed by atoms with Crippen LogP contribution in [-0.4, -0.2) is 25.6 Å². The van der Waals surface area contributed by atoms with Crippen molar-refractivity contribution in [3.8, 4) is 5.75 Å². The van der Waals surface area contributed by atoms with Crippen molar-refractivity contribution < 1.29 is 19.1 Å². The molecule has 2 rings (SSSR count). The third-order valence-electron chi connectivity index (χ3n) is 3.77. The monoisotopic (exact) mass is 365 g/mol. The number of hydrogen-bond acceptors (Lipinski definition) is 4. The van der Waals surface area contributed by atoms with Gasteiger partial charge in [0.1, 0.15) is 5.75 Å². The summed E-state index contributed by atoms with van der Waals surface area (Å²) in [6.07, 6.45) is 6.32. The number of hydrogen-bond donors (Lipinski definition) is 1. The van der Waals surface area contributed by atoms with E-state index < -0.39 is 5.97 Å². The Labute approximate surface area is 159 Å². The highest BCUT2D eigenvalue weighted by Crippen LogP contribution is 2.24. The summed E-state index contributed by atoms with van der Waals surface area (Å²) in [5, 5.41) is 2.91. The summed E-state index contributed by atoms with van der Waals surface area (Å²) in [7, 11) is 1.60. The van der Waals surface area contributed by atoms with E-state index in [2.05, 4.69) is 5.32 Å². The van der Waals surface area contributed by atoms with E-state index in [1.807, 2.05) is 61.5 Å². The average molecular weight is 365 g/mol. The van der Waals surface area contributed by atoms with Crippen LogP contribution in [0.25, 0.3) is 0 Å². The number of carbonyl (C=O) groups excluding carboxylic acids is 2. The smallest absolute Gasteiger partial charge is 0.331 e. The number of nitrogens with one attached hydrogen (secondary N) is 1. The highest BCUT2D eigenvalue weighted by atomic mass is 16.5. The minimum absolute atomic E-state index is 0.349. The van der Waals surface area contributed by atoms with E-state index >= 15 is 0 Å². The molecule has 0 aliphatic heterocycles. The Morgan fingerprint density at radius 3 is 2.30 bits per heavy atom. The highest BCUT2D eigenvalue weighted by Gasteiger charge is 2.17. The molecule has 0 unspecified atom stereocenters. The maximum Gasteiger partial charge on any atom is 0.331 e. The molecule has 0 heterocycles. The first-order valence-corrected chi connectivity index (χ1v) is 8.58. The molecule has 5 nitrogen and oxygen atoms in total. The summed E-state index contributed by atoms with van der Waals surface area (Å²) >= 11 is 0. The molecule has 5 heteroatoms. The Morgan fingerprint density at radius 1 is 1.00 bits per heavy atom. The maximum atomic E-state index is 12.3. The molecule has 0 radical (unpaired) electrons. The molecule has 2 aromatic carbocycles. The standard InChI is InChI=1S/C22H23NO4/c1-3-4-6-11-21(25)27-16-20(24)23-22(17-9-7-5-8-10-17)18-12-14-19(26-2)15-13-18/h3-15,22H,16H2,1-2H3,(H,23,24)/b4-3+,11-6+/t22-/m0/s1. The first-order valence-electron chi connectivity index (χ1n) is 8.58. The van der Waals surface area contributed by atoms with Gasteiger partial charge >= 0.3 is 5.97 Å². The van der Waals surface area contributed by atoms with E-state index in [0.29, 0.717) is 0 Å². The second-order valence-corrected chi connectivity index (χ2v) is 5.68. The number of ether oxygens (including phenoxy) is 2. The number of esters is 1. The Balaban J connectivity index is 2.07. The topological polar surface area (TPSA) is 64.6 Å². The maximum absolute atomic E-state index is 12.3. The van der Waals surface area contributed by atoms with Crippen molar-refractivity contribution in [3.05, 3.63) is 90.0 Å². The van der Waals surface area contributed by atoms with Crippen LogP contribution >= 0.6 is 0 Å². The number of carbonyl (C=O) groups is 2. The summed E-state index contributed by atoms with van der Waals surface area (Å²) in [5.41, 5.74) is 1.82. The molecular formula is C22H23NO4. The number of methoxy groups -OCH3 is 1. The third kappa shape index (κ3) is 6.47. The van der Waals surface area contributed by atoms with E-state index in [9.17, 15) is 9.59 Å². The molecule has 0 spiro atoms. The van der Waals surface area contributed by atoms with Crippen molar-refractivity contribution >= 4 is 11.9 Å². The highest BCUT2D eigenvalue weighted by molar-refractivity contribution is 5.86. The lowest BCUT2D eigenvalue weighted by molar-refractivity contribution is -0.144. The SMILES string of the molecule is C/C=C/C=C/C(=O)OCC(=O)N[C@@H](c1ccccc1)c1ccc(OC)cc1. The van der Waals surface area contributed by atoms with Gasteiger partial charge < -0.3 is 14.8 Å². The van der Waals surface area contributed by atoms with Gasteiger partial charge in [-0.2, -0.15) is 0 Å². The second kappa shape index (κ2) is 10.6. The van der Waals surface area contributed by atoms with Gasteiger partial charge in [-0.15, -0.1) is 0 Å². The first kappa shape index (κ1) is 20.0. The van der Waals surface area contributed by atoms with Crippen LogP contribution < -0.4 is 10.1 Å². The van der Waals surface area contributed by atoms with Crippen LogP contribution in [0.4, 0.5) is 0 Å². The molecule has 0 aliphatic rings. The minimum atomic E-state index is -0.566. The summed E-state index contributed by atoms with van der Waals surface area (Å²) in [4.78, 5) is 23.9. The van der Waals surface area contributed by atoms with E-state index in [-0.39, 0.29) is 18.6 Å². The molecule has 1 atom stereocenters. The van der Waals surface area contributed by atoms with E-state index in [4.69, 9.17) is 9.47 Å². The normalized spacial score (nSPS) is 12.1. The molecule has 1 N–H and O–H groups in total. The summed E-state index contributed by atoms with van der Waals surface area (Å²) in [6, 6.07) is 16.7. The van der Waals surface area contributed by atoms with Gasteiger partial charge in [-0.25, -0.2) is 4.79 Å². The third-order valence-corrected chi connectivity index (χ3v) is 3.77. The Hall–Kier alpha value is -3.34. The number of rotatable bonds is 8. The van der Waals surface area contributed by atoms with Crippen molar-refractivity contribution in [3.63, 3.8) is 0 Å². The number of amides is 1. The van der Waals surface area contributed by atoms with Crippen molar-refractivity contribution in [2.45, 2.75) is 13.0 Å². The van der Waals surface area contributed by atoms with Gasteiger partial charge in [-0.05, 0) is 30.2 Å². The zero-order valence-corrected chi connectivity index (χ0v) is 15.4. The first-order chi connectivity index (χ1) is 13.1. The van der Waals surface area contributed by atoms with E-state index in [1.54, 1.807) is 25.3 Å². The molecular weight excluding hydrogens is 342 g/mol. The fourth-order valence-electron chi connectivity index (χ4n) is 2.43. The number of benzene rings is 2. The van der Waals surface area contributed by atoms with Gasteiger partial charge in [-0.3, -0.25) is 4.79 Å². The van der Waals surface area contributed by atoms with E-state index in [1.165, 1.54) is 6.08 Å². The van der Waals surface area contributed by atoms with Gasteiger partial charge in [-0.1, -0.05) is 60.7 Å². The van der Waals surface area contributed by atoms with Gasteiger partial charge in [0, 0.05) is 6.08 Å². The lowest BCUT2D eigenvalue weighted by Gasteiger charge is -2.20. The average Bonchev–Trinajstić information content (AvgIpc) is 2.71. The van der Waals surface area contributed by atoms with Crippen molar-refractivity contribution in [1.82, 2.24) is 5.32 Å².